The average Bonchev–Trinajstić information content (AvgIpc) is 2.78. The van der Waals surface area contributed by atoms with Crippen molar-refractivity contribution < 1.29 is 23.1 Å². The summed E-state index contributed by atoms with van der Waals surface area (Å²) in [6.45, 7) is 2.50. The lowest BCUT2D eigenvalue weighted by Crippen LogP contribution is -2.59. The largest absolute Gasteiger partial charge is 0.493 e. The van der Waals surface area contributed by atoms with Gasteiger partial charge in [-0.1, -0.05) is 35.9 Å². The molecule has 0 aliphatic carbocycles. The highest BCUT2D eigenvalue weighted by Crippen LogP contribution is 2.36. The van der Waals surface area contributed by atoms with Gasteiger partial charge in [-0.3, -0.25) is 4.79 Å². The van der Waals surface area contributed by atoms with Crippen molar-refractivity contribution in [1.82, 2.24) is 15.5 Å². The van der Waals surface area contributed by atoms with Gasteiger partial charge in [0.05, 0.1) is 12.6 Å². The molecule has 1 fully saturated rings. The van der Waals surface area contributed by atoms with Gasteiger partial charge in [-0.2, -0.15) is 0 Å². The zero-order chi connectivity index (χ0) is 22.1. The van der Waals surface area contributed by atoms with Crippen LogP contribution in [-0.4, -0.2) is 42.6 Å². The number of rotatable bonds is 3. The summed E-state index contributed by atoms with van der Waals surface area (Å²) < 4.78 is 34.6. The first-order valence-electron chi connectivity index (χ1n) is 10.1. The van der Waals surface area contributed by atoms with Gasteiger partial charge in [0.1, 0.15) is 28.4 Å². The quantitative estimate of drug-likeness (QED) is 0.705. The summed E-state index contributed by atoms with van der Waals surface area (Å²) in [6, 6.07) is 7.85. The molecule has 4 rings (SSSR count). The molecule has 9 heteroatoms. The Kier molecular flexibility index (Phi) is 6.00. The molecule has 2 aliphatic heterocycles. The van der Waals surface area contributed by atoms with Crippen molar-refractivity contribution in [3.63, 3.8) is 0 Å². The fourth-order valence-electron chi connectivity index (χ4n) is 4.07. The molecule has 3 atom stereocenters. The van der Waals surface area contributed by atoms with Crippen LogP contribution in [0.2, 0.25) is 5.02 Å². The normalized spacial score (nSPS) is 21.5. The van der Waals surface area contributed by atoms with Crippen LogP contribution >= 0.6 is 11.6 Å². The summed E-state index contributed by atoms with van der Waals surface area (Å²) in [7, 11) is 0. The Balaban J connectivity index is 1.66. The molecule has 2 N–H and O–H groups in total. The maximum Gasteiger partial charge on any atom is 0.318 e. The maximum absolute atomic E-state index is 15.0. The molecular weight excluding hydrogens is 428 g/mol. The topological polar surface area (TPSA) is 70.7 Å². The summed E-state index contributed by atoms with van der Waals surface area (Å²) in [5, 5.41) is 4.92. The summed E-state index contributed by atoms with van der Waals surface area (Å²) in [4.78, 5) is 26.4. The second-order valence-corrected chi connectivity index (χ2v) is 8.11. The molecular formula is C22H22ClF2N3O3. The van der Waals surface area contributed by atoms with Crippen LogP contribution in [0.5, 0.6) is 5.75 Å². The Hall–Kier alpha value is -2.87. The molecule has 0 bridgehead atoms. The number of nitrogens with one attached hydrogen (secondary N) is 2. The second-order valence-electron chi connectivity index (χ2n) is 7.74. The zero-order valence-electron chi connectivity index (χ0n) is 16.8. The van der Waals surface area contributed by atoms with Crippen LogP contribution in [0.3, 0.4) is 0 Å². The van der Waals surface area contributed by atoms with Crippen molar-refractivity contribution in [2.75, 3.05) is 19.7 Å². The van der Waals surface area contributed by atoms with Gasteiger partial charge in [0, 0.05) is 24.6 Å². The van der Waals surface area contributed by atoms with Gasteiger partial charge in [-0.25, -0.2) is 13.6 Å². The molecule has 2 aliphatic rings. The highest BCUT2D eigenvalue weighted by Gasteiger charge is 2.36. The lowest BCUT2D eigenvalue weighted by atomic mass is 9.86. The Labute approximate surface area is 183 Å². The predicted octanol–water partition coefficient (Wildman–Crippen LogP) is 3.44. The third kappa shape index (κ3) is 4.17. The first kappa shape index (κ1) is 21.4. The number of carbonyl (C=O) groups excluding carboxylic acids is 2. The minimum Gasteiger partial charge on any atom is -0.493 e. The van der Waals surface area contributed by atoms with Crippen LogP contribution in [-0.2, 0) is 11.2 Å². The average molecular weight is 450 g/mol. The number of hydrogen-bond donors (Lipinski definition) is 2. The molecule has 2 aromatic carbocycles. The van der Waals surface area contributed by atoms with Crippen LogP contribution in [0.15, 0.2) is 36.4 Å². The number of urea groups is 1. The number of amides is 3. The van der Waals surface area contributed by atoms with Crippen molar-refractivity contribution in [3.05, 3.63) is 64.2 Å². The molecule has 164 valence electrons. The Bertz CT molecular complexity index is 1020. The minimum absolute atomic E-state index is 0.0712. The summed E-state index contributed by atoms with van der Waals surface area (Å²) in [5.41, 5.74) is 0.999. The third-order valence-electron chi connectivity index (χ3n) is 5.82. The van der Waals surface area contributed by atoms with Gasteiger partial charge in [0.2, 0.25) is 5.91 Å². The molecule has 2 heterocycles. The molecule has 0 aromatic heterocycles. The Morgan fingerprint density at radius 2 is 2.06 bits per heavy atom. The van der Waals surface area contributed by atoms with Crippen LogP contribution in [0.25, 0.3) is 0 Å². The molecule has 2 unspecified atom stereocenters. The van der Waals surface area contributed by atoms with Gasteiger partial charge >= 0.3 is 6.03 Å². The van der Waals surface area contributed by atoms with Crippen molar-refractivity contribution >= 4 is 23.5 Å². The molecule has 0 saturated carbocycles. The molecule has 0 radical (unpaired) electrons. The number of halogens is 3. The van der Waals surface area contributed by atoms with Crippen LogP contribution < -0.4 is 15.4 Å². The minimum atomic E-state index is -0.921. The SMILES string of the molecule is CC1C(=O)NCCN1C(=O)N[C@H](c1ccc(F)c(Cl)c1F)C1COc2ccccc2C1. The van der Waals surface area contributed by atoms with E-state index in [0.29, 0.717) is 19.5 Å². The fourth-order valence-corrected chi connectivity index (χ4v) is 4.24. The van der Waals surface area contributed by atoms with E-state index in [1.165, 1.54) is 11.0 Å². The molecule has 0 spiro atoms. The van der Waals surface area contributed by atoms with E-state index >= 15 is 0 Å². The first-order chi connectivity index (χ1) is 14.9. The number of benzene rings is 2. The van der Waals surface area contributed by atoms with E-state index in [0.717, 1.165) is 17.4 Å². The molecule has 6 nitrogen and oxygen atoms in total. The smallest absolute Gasteiger partial charge is 0.318 e. The highest BCUT2D eigenvalue weighted by molar-refractivity contribution is 6.31. The summed E-state index contributed by atoms with van der Waals surface area (Å²) in [6.07, 6.45) is 0.519. The van der Waals surface area contributed by atoms with Crippen LogP contribution in [0.4, 0.5) is 13.6 Å². The van der Waals surface area contributed by atoms with Gasteiger partial charge in [0.15, 0.2) is 0 Å². The molecule has 2 aromatic rings. The van der Waals surface area contributed by atoms with Gasteiger partial charge < -0.3 is 20.3 Å². The van der Waals surface area contributed by atoms with Gasteiger partial charge in [0.25, 0.3) is 0 Å². The monoisotopic (exact) mass is 449 g/mol. The third-order valence-corrected chi connectivity index (χ3v) is 6.16. The number of ether oxygens (including phenoxy) is 1. The maximum atomic E-state index is 15.0. The van der Waals surface area contributed by atoms with E-state index in [1.54, 1.807) is 6.92 Å². The molecule has 31 heavy (non-hydrogen) atoms. The number of carbonyl (C=O) groups is 2. The van der Waals surface area contributed by atoms with E-state index in [9.17, 15) is 18.4 Å². The lowest BCUT2D eigenvalue weighted by molar-refractivity contribution is -0.126. The van der Waals surface area contributed by atoms with Crippen LogP contribution in [0.1, 0.15) is 24.1 Å². The van der Waals surface area contributed by atoms with Crippen LogP contribution in [0, 0.1) is 17.6 Å². The van der Waals surface area contributed by atoms with Crippen molar-refractivity contribution in [2.24, 2.45) is 5.92 Å². The van der Waals surface area contributed by atoms with Gasteiger partial charge in [-0.05, 0) is 31.0 Å². The Morgan fingerprint density at radius 3 is 2.87 bits per heavy atom. The number of piperazine rings is 1. The highest BCUT2D eigenvalue weighted by atomic mass is 35.5. The van der Waals surface area contributed by atoms with Gasteiger partial charge in [-0.15, -0.1) is 0 Å². The predicted molar refractivity (Wildman–Crippen MR) is 111 cm³/mol. The first-order valence-corrected chi connectivity index (χ1v) is 10.4. The van der Waals surface area contributed by atoms with E-state index in [2.05, 4.69) is 10.6 Å². The van der Waals surface area contributed by atoms with E-state index in [4.69, 9.17) is 16.3 Å². The summed E-state index contributed by atoms with van der Waals surface area (Å²) >= 11 is 5.82. The number of hydrogen-bond acceptors (Lipinski definition) is 3. The summed E-state index contributed by atoms with van der Waals surface area (Å²) in [5.74, 6) is -1.65. The fraction of sp³-hybridized carbons (Fsp3) is 0.364. The number of fused-ring (bicyclic) bond motifs is 1. The molecule has 3 amide bonds. The lowest BCUT2D eigenvalue weighted by Gasteiger charge is -2.37. The number of para-hydroxylation sites is 1. The standard InChI is InChI=1S/C22H22ClF2N3O3/c1-12-21(29)26-8-9-28(12)22(30)27-20(15-6-7-16(24)18(23)19(15)25)14-10-13-4-2-3-5-17(13)31-11-14/h2-7,12,14,20H,8-11H2,1H3,(H,26,29)(H,27,30)/t12?,14?,20-/m0/s1. The second kappa shape index (κ2) is 8.70. The van der Waals surface area contributed by atoms with E-state index in [-0.39, 0.29) is 24.0 Å². The van der Waals surface area contributed by atoms with Crippen molar-refractivity contribution in [2.45, 2.75) is 25.4 Å². The van der Waals surface area contributed by atoms with Crippen molar-refractivity contribution in [1.29, 1.82) is 0 Å². The Morgan fingerprint density at radius 1 is 1.29 bits per heavy atom. The van der Waals surface area contributed by atoms with E-state index < -0.39 is 34.8 Å². The number of nitrogens with zero attached hydrogens (tertiary/aromatic N) is 1. The van der Waals surface area contributed by atoms with E-state index in [1.807, 2.05) is 24.3 Å². The molecule has 1 saturated heterocycles. The zero-order valence-corrected chi connectivity index (χ0v) is 17.6. The van der Waals surface area contributed by atoms with Crippen molar-refractivity contribution in [3.8, 4) is 5.75 Å².